The van der Waals surface area contributed by atoms with Crippen LogP contribution in [0.15, 0.2) is 164 Å². The van der Waals surface area contributed by atoms with Crippen molar-refractivity contribution >= 4 is 43.6 Å². The summed E-state index contributed by atoms with van der Waals surface area (Å²) in [6.07, 6.45) is 0. The smallest absolute Gasteiger partial charge is 0.238 e. The normalized spacial score (nSPS) is 14.6. The maximum absolute atomic E-state index is 8.94. The van der Waals surface area contributed by atoms with Crippen LogP contribution in [0.1, 0.15) is 31.8 Å². The number of hydrogen-bond donors (Lipinski definition) is 0. The average molecular weight is 685 g/mol. The van der Waals surface area contributed by atoms with Crippen molar-refractivity contribution < 1.29 is 6.85 Å². The topological polar surface area (TPSA) is 48.5 Å². The highest BCUT2D eigenvalue weighted by molar-refractivity contribution is 6.18. The zero-order chi connectivity index (χ0) is 39.6. The zero-order valence-corrected chi connectivity index (χ0v) is 28.9. The van der Waals surface area contributed by atoms with Gasteiger partial charge in [-0.1, -0.05) is 135 Å². The first-order chi connectivity index (χ1) is 28.1. The molecule has 0 unspecified atom stereocenters. The van der Waals surface area contributed by atoms with Crippen LogP contribution >= 0.6 is 0 Å². The summed E-state index contributed by atoms with van der Waals surface area (Å²) in [6, 6.07) is 43.8. The molecule has 0 fully saturated rings. The van der Waals surface area contributed by atoms with Gasteiger partial charge in [0.1, 0.15) is 0 Å². The molecule has 0 spiro atoms. The van der Waals surface area contributed by atoms with Crippen molar-refractivity contribution in [1.29, 1.82) is 0 Å². The van der Waals surface area contributed by atoms with Crippen LogP contribution in [-0.4, -0.2) is 24.1 Å². The molecule has 0 radical (unpaired) electrons. The molecule has 53 heavy (non-hydrogen) atoms. The van der Waals surface area contributed by atoms with Gasteiger partial charge in [-0.25, -0.2) is 4.98 Å². The molecule has 0 aliphatic heterocycles. The summed E-state index contributed by atoms with van der Waals surface area (Å²) in [5.74, 6) is 0.584. The molecule has 0 saturated carbocycles. The van der Waals surface area contributed by atoms with Crippen molar-refractivity contribution in [3.05, 3.63) is 175 Å². The van der Waals surface area contributed by atoms with Crippen molar-refractivity contribution in [2.45, 2.75) is 19.3 Å². The fraction of sp³-hybridized carbons (Fsp3) is 0.0625. The monoisotopic (exact) mass is 684 g/mol. The summed E-state index contributed by atoms with van der Waals surface area (Å²) in [5, 5.41) is 4.13. The maximum atomic E-state index is 8.94. The van der Waals surface area contributed by atoms with Crippen molar-refractivity contribution in [3.63, 3.8) is 0 Å². The number of hydrogen-bond acceptors (Lipinski definition) is 3. The van der Waals surface area contributed by atoms with Gasteiger partial charge in [0.25, 0.3) is 0 Å². The van der Waals surface area contributed by atoms with E-state index in [0.717, 1.165) is 66.0 Å². The molecule has 11 rings (SSSR count). The van der Waals surface area contributed by atoms with E-state index >= 15 is 0 Å². The van der Waals surface area contributed by atoms with E-state index in [-0.39, 0.29) is 34.8 Å². The third kappa shape index (κ3) is 4.34. The van der Waals surface area contributed by atoms with Crippen LogP contribution in [0.5, 0.6) is 0 Å². The Morgan fingerprint density at radius 2 is 1.06 bits per heavy atom. The van der Waals surface area contributed by atoms with Gasteiger partial charge in [-0.2, -0.15) is 9.97 Å². The van der Waals surface area contributed by atoms with Gasteiger partial charge in [-0.3, -0.25) is 4.57 Å². The zero-order valence-electron chi connectivity index (χ0n) is 33.9. The Morgan fingerprint density at radius 1 is 0.472 bits per heavy atom. The van der Waals surface area contributed by atoms with Crippen molar-refractivity contribution in [2.75, 3.05) is 0 Å². The lowest BCUT2D eigenvalue weighted by molar-refractivity contribution is 0.660. The fourth-order valence-electron chi connectivity index (χ4n) is 8.43. The van der Waals surface area contributed by atoms with Crippen LogP contribution < -0.4 is 0 Å². The standard InChI is InChI=1S/C48H33N5/c1-48(2)39-22-12-9-19-33(39)36-27-31(25-26-40(36)48)46-49-45(30-15-5-3-6-16-30)50-47(51-46)53-42-24-14-11-21-35(42)38-28-43-37(29-44(38)53)34-20-10-13-23-41(34)52(43)32-17-7-4-8-18-32/h3-29H,1-2H3/i3D,5D,6D,15D,16D. The predicted octanol–water partition coefficient (Wildman–Crippen LogP) is 11.7. The molecule has 0 amide bonds. The van der Waals surface area contributed by atoms with E-state index in [1.54, 1.807) is 0 Å². The molecule has 7 aromatic carbocycles. The average Bonchev–Trinajstić information content (AvgIpc) is 3.84. The predicted molar refractivity (Wildman–Crippen MR) is 217 cm³/mol. The molecular formula is C48H33N5. The fourth-order valence-corrected chi connectivity index (χ4v) is 8.43. The minimum Gasteiger partial charge on any atom is -0.309 e. The Labute approximate surface area is 313 Å². The van der Waals surface area contributed by atoms with E-state index in [0.29, 0.717) is 5.82 Å². The van der Waals surface area contributed by atoms with Gasteiger partial charge in [-0.05, 0) is 64.7 Å². The Balaban J connectivity index is 1.23. The van der Waals surface area contributed by atoms with E-state index in [9.17, 15) is 0 Å². The second kappa shape index (κ2) is 11.1. The molecule has 0 saturated heterocycles. The lowest BCUT2D eigenvalue weighted by atomic mass is 9.82. The highest BCUT2D eigenvalue weighted by Gasteiger charge is 2.35. The van der Waals surface area contributed by atoms with Crippen LogP contribution in [-0.2, 0) is 5.41 Å². The molecule has 0 atom stereocenters. The van der Waals surface area contributed by atoms with Crippen LogP contribution in [0.3, 0.4) is 0 Å². The van der Waals surface area contributed by atoms with E-state index in [1.165, 1.54) is 11.1 Å². The minimum absolute atomic E-state index is 0.00841. The number of fused-ring (bicyclic) bond motifs is 9. The third-order valence-electron chi connectivity index (χ3n) is 10.9. The van der Waals surface area contributed by atoms with E-state index in [1.807, 2.05) is 53.1 Å². The van der Waals surface area contributed by atoms with Crippen LogP contribution in [0, 0.1) is 0 Å². The van der Waals surface area contributed by atoms with Gasteiger partial charge in [0, 0.05) is 43.8 Å². The molecule has 3 aromatic heterocycles. The van der Waals surface area contributed by atoms with E-state index in [2.05, 4.69) is 103 Å². The van der Waals surface area contributed by atoms with Gasteiger partial charge < -0.3 is 4.57 Å². The van der Waals surface area contributed by atoms with E-state index < -0.39 is 18.1 Å². The molecule has 250 valence electrons. The third-order valence-corrected chi connectivity index (χ3v) is 10.9. The van der Waals surface area contributed by atoms with Gasteiger partial charge >= 0.3 is 0 Å². The SMILES string of the molecule is [2H]c1c([2H])c([2H])c(-c2nc(-c3ccc4c(c3)-c3ccccc3C4(C)C)nc(-n3c4ccccc4c4cc5c(cc43)c3ccccc3n5-c3ccccc3)n2)c([2H])c1[2H]. The first-order valence-electron chi connectivity index (χ1n) is 20.2. The molecule has 5 nitrogen and oxygen atoms in total. The molecule has 1 aliphatic carbocycles. The summed E-state index contributed by atoms with van der Waals surface area (Å²) in [4.78, 5) is 15.1. The summed E-state index contributed by atoms with van der Waals surface area (Å²) < 4.78 is 47.5. The summed E-state index contributed by atoms with van der Waals surface area (Å²) in [7, 11) is 0. The Morgan fingerprint density at radius 3 is 1.79 bits per heavy atom. The highest BCUT2D eigenvalue weighted by atomic mass is 15.2. The number of benzene rings is 7. The molecule has 1 aliphatic rings. The number of aromatic nitrogens is 5. The molecule has 5 heteroatoms. The molecule has 0 bridgehead atoms. The van der Waals surface area contributed by atoms with Gasteiger partial charge in [0.15, 0.2) is 11.6 Å². The number of rotatable bonds is 4. The first-order valence-corrected chi connectivity index (χ1v) is 17.7. The number of para-hydroxylation sites is 3. The Bertz CT molecular complexity index is 3360. The van der Waals surface area contributed by atoms with Gasteiger partial charge in [-0.15, -0.1) is 0 Å². The summed E-state index contributed by atoms with van der Waals surface area (Å²) in [5.41, 5.74) is 10.0. The summed E-state index contributed by atoms with van der Waals surface area (Å²) >= 11 is 0. The molecule has 10 aromatic rings. The minimum atomic E-state index is -0.478. The Kier molecular flexibility index (Phi) is 5.26. The van der Waals surface area contributed by atoms with Gasteiger partial charge in [0.05, 0.1) is 28.9 Å². The highest BCUT2D eigenvalue weighted by Crippen LogP contribution is 2.49. The molecular weight excluding hydrogens is 647 g/mol. The molecule has 0 N–H and O–H groups in total. The second-order valence-electron chi connectivity index (χ2n) is 14.1. The first kappa shape index (κ1) is 25.2. The lowest BCUT2D eigenvalue weighted by Crippen LogP contribution is -2.14. The van der Waals surface area contributed by atoms with Crippen LogP contribution in [0.25, 0.3) is 89.2 Å². The Hall–Kier alpha value is -6.85. The van der Waals surface area contributed by atoms with Gasteiger partial charge in [0.2, 0.25) is 5.95 Å². The van der Waals surface area contributed by atoms with Crippen LogP contribution in [0.4, 0.5) is 0 Å². The van der Waals surface area contributed by atoms with Crippen molar-refractivity contribution in [3.8, 4) is 45.5 Å². The lowest BCUT2D eigenvalue weighted by Gasteiger charge is -2.21. The maximum Gasteiger partial charge on any atom is 0.238 e. The van der Waals surface area contributed by atoms with E-state index in [4.69, 9.17) is 21.8 Å². The van der Waals surface area contributed by atoms with Crippen LogP contribution in [0.2, 0.25) is 0 Å². The molecule has 3 heterocycles. The second-order valence-corrected chi connectivity index (χ2v) is 14.1. The quantitative estimate of drug-likeness (QED) is 0.185. The number of nitrogens with zero attached hydrogens (tertiary/aromatic N) is 5. The van der Waals surface area contributed by atoms with Crippen molar-refractivity contribution in [2.24, 2.45) is 0 Å². The summed E-state index contributed by atoms with van der Waals surface area (Å²) in [6.45, 7) is 4.46. The van der Waals surface area contributed by atoms with Crippen molar-refractivity contribution in [1.82, 2.24) is 24.1 Å². The largest absolute Gasteiger partial charge is 0.309 e.